The summed E-state index contributed by atoms with van der Waals surface area (Å²) in [7, 11) is 0. The van der Waals surface area contributed by atoms with Crippen molar-refractivity contribution in [2.24, 2.45) is 5.73 Å². The van der Waals surface area contributed by atoms with E-state index < -0.39 is 0 Å². The Morgan fingerprint density at radius 2 is 2.10 bits per heavy atom. The Balaban J connectivity index is 2.12. The molecule has 4 heteroatoms. The summed E-state index contributed by atoms with van der Waals surface area (Å²) >= 11 is 1.79. The molecule has 0 radical (unpaired) electrons. The van der Waals surface area contributed by atoms with Gasteiger partial charge in [0.15, 0.2) is 0 Å². The topological polar surface area (TPSA) is 46.3 Å². The van der Waals surface area contributed by atoms with Crippen LogP contribution in [0.2, 0.25) is 0 Å². The van der Waals surface area contributed by atoms with Crippen molar-refractivity contribution in [3.05, 3.63) is 35.4 Å². The number of nitrogens with zero attached hydrogens (tertiary/aromatic N) is 1. The largest absolute Gasteiger partial charge is 0.334 e. The third-order valence-corrected chi connectivity index (χ3v) is 4.55. The number of hydrogen-bond acceptors (Lipinski definition) is 3. The van der Waals surface area contributed by atoms with Gasteiger partial charge in [-0.05, 0) is 50.1 Å². The number of nitrogens with two attached hydrogens (primary N) is 1. The van der Waals surface area contributed by atoms with Gasteiger partial charge in [-0.1, -0.05) is 12.1 Å². The quantitative estimate of drug-likeness (QED) is 0.928. The van der Waals surface area contributed by atoms with Crippen LogP contribution in [0, 0.1) is 0 Å². The van der Waals surface area contributed by atoms with E-state index in [-0.39, 0.29) is 18.0 Å². The van der Waals surface area contributed by atoms with E-state index >= 15 is 0 Å². The van der Waals surface area contributed by atoms with Gasteiger partial charge in [-0.25, -0.2) is 0 Å². The summed E-state index contributed by atoms with van der Waals surface area (Å²) in [6.45, 7) is 2.83. The zero-order valence-electron chi connectivity index (χ0n) is 12.3. The van der Waals surface area contributed by atoms with Gasteiger partial charge >= 0.3 is 0 Å². The zero-order valence-corrected chi connectivity index (χ0v) is 13.2. The molecular formula is C16H24N2OS. The molecule has 0 saturated carbocycles. The molecule has 0 bridgehead atoms. The molecule has 1 heterocycles. The van der Waals surface area contributed by atoms with E-state index in [0.717, 1.165) is 30.7 Å². The minimum absolute atomic E-state index is 0.0371. The van der Waals surface area contributed by atoms with Crippen molar-refractivity contribution < 1.29 is 4.79 Å². The second-order valence-electron chi connectivity index (χ2n) is 5.55. The third-order valence-electron chi connectivity index (χ3n) is 3.93. The Morgan fingerprint density at radius 1 is 1.40 bits per heavy atom. The number of benzene rings is 1. The molecule has 1 saturated heterocycles. The summed E-state index contributed by atoms with van der Waals surface area (Å²) in [6.07, 6.45) is 5.36. The van der Waals surface area contributed by atoms with Gasteiger partial charge in [0, 0.05) is 29.9 Å². The molecule has 3 nitrogen and oxygen atoms in total. The Morgan fingerprint density at radius 3 is 2.70 bits per heavy atom. The molecular weight excluding hydrogens is 268 g/mol. The number of carbonyl (C=O) groups excluding carboxylic acids is 1. The standard InChI is InChI=1S/C16H24N2OS/c1-12(17)15-5-3-4-10-18(15)16(19)14-8-6-13(7-9-14)11-20-2/h6-9,12,15H,3-5,10-11,17H2,1-2H3/t12-,15+/m0/s1. The maximum Gasteiger partial charge on any atom is 0.254 e. The van der Waals surface area contributed by atoms with Gasteiger partial charge in [-0.3, -0.25) is 4.79 Å². The Kier molecular flexibility index (Phi) is 5.49. The van der Waals surface area contributed by atoms with Crippen LogP contribution in [-0.2, 0) is 5.75 Å². The number of carbonyl (C=O) groups is 1. The van der Waals surface area contributed by atoms with E-state index in [4.69, 9.17) is 5.73 Å². The van der Waals surface area contributed by atoms with Crippen LogP contribution in [0.5, 0.6) is 0 Å². The second-order valence-corrected chi connectivity index (χ2v) is 6.42. The van der Waals surface area contributed by atoms with Crippen molar-refractivity contribution >= 4 is 17.7 Å². The molecule has 1 fully saturated rings. The summed E-state index contributed by atoms with van der Waals surface area (Å²) in [6, 6.07) is 8.21. The normalized spacial score (nSPS) is 20.8. The molecule has 0 spiro atoms. The van der Waals surface area contributed by atoms with E-state index in [0.29, 0.717) is 0 Å². The fourth-order valence-electron chi connectivity index (χ4n) is 2.83. The van der Waals surface area contributed by atoms with E-state index in [2.05, 4.69) is 18.4 Å². The smallest absolute Gasteiger partial charge is 0.254 e. The van der Waals surface area contributed by atoms with E-state index in [1.54, 1.807) is 11.8 Å². The zero-order chi connectivity index (χ0) is 14.5. The summed E-state index contributed by atoms with van der Waals surface area (Å²) in [5, 5.41) is 0. The van der Waals surface area contributed by atoms with E-state index in [1.165, 1.54) is 12.0 Å². The molecule has 1 aromatic carbocycles. The van der Waals surface area contributed by atoms with Gasteiger partial charge in [0.2, 0.25) is 0 Å². The molecule has 1 aliphatic rings. The van der Waals surface area contributed by atoms with Crippen LogP contribution < -0.4 is 5.73 Å². The molecule has 0 aromatic heterocycles. The van der Waals surface area contributed by atoms with Crippen molar-refractivity contribution in [2.45, 2.75) is 44.0 Å². The van der Waals surface area contributed by atoms with Gasteiger partial charge < -0.3 is 10.6 Å². The third kappa shape index (κ3) is 3.55. The highest BCUT2D eigenvalue weighted by molar-refractivity contribution is 7.97. The van der Waals surface area contributed by atoms with Crippen molar-refractivity contribution in [2.75, 3.05) is 12.8 Å². The van der Waals surface area contributed by atoms with Crippen molar-refractivity contribution in [3.8, 4) is 0 Å². The summed E-state index contributed by atoms with van der Waals surface area (Å²) in [4.78, 5) is 14.6. The van der Waals surface area contributed by atoms with Crippen molar-refractivity contribution in [1.29, 1.82) is 0 Å². The van der Waals surface area contributed by atoms with Crippen LogP contribution in [0.1, 0.15) is 42.1 Å². The predicted molar refractivity (Wildman–Crippen MR) is 86.0 cm³/mol. The van der Waals surface area contributed by atoms with Gasteiger partial charge in [-0.15, -0.1) is 0 Å². The summed E-state index contributed by atoms with van der Waals surface area (Å²) in [5.74, 6) is 1.11. The van der Waals surface area contributed by atoms with Crippen molar-refractivity contribution in [3.63, 3.8) is 0 Å². The SMILES string of the molecule is CSCc1ccc(C(=O)N2CCCC[C@@H]2[C@H](C)N)cc1. The first kappa shape index (κ1) is 15.4. The number of hydrogen-bond donors (Lipinski definition) is 1. The van der Waals surface area contributed by atoms with Crippen LogP contribution >= 0.6 is 11.8 Å². The second kappa shape index (κ2) is 7.14. The number of thioether (sulfide) groups is 1. The van der Waals surface area contributed by atoms with Crippen LogP contribution in [0.3, 0.4) is 0 Å². The van der Waals surface area contributed by atoms with E-state index in [1.807, 2.05) is 24.0 Å². The van der Waals surface area contributed by atoms with Crippen LogP contribution in [0.15, 0.2) is 24.3 Å². The molecule has 110 valence electrons. The van der Waals surface area contributed by atoms with E-state index in [9.17, 15) is 4.79 Å². The first-order valence-corrected chi connectivity index (χ1v) is 8.67. The molecule has 2 rings (SSSR count). The number of likely N-dealkylation sites (tertiary alicyclic amines) is 1. The summed E-state index contributed by atoms with van der Waals surface area (Å²) < 4.78 is 0. The minimum Gasteiger partial charge on any atom is -0.334 e. The first-order chi connectivity index (χ1) is 9.63. The van der Waals surface area contributed by atoms with Gasteiger partial charge in [0.1, 0.15) is 0 Å². The lowest BCUT2D eigenvalue weighted by atomic mass is 9.96. The van der Waals surface area contributed by atoms with Crippen LogP contribution in [0.25, 0.3) is 0 Å². The molecule has 1 amide bonds. The van der Waals surface area contributed by atoms with Gasteiger partial charge in [-0.2, -0.15) is 11.8 Å². The lowest BCUT2D eigenvalue weighted by molar-refractivity contribution is 0.0584. The van der Waals surface area contributed by atoms with Gasteiger partial charge in [0.25, 0.3) is 5.91 Å². The molecule has 0 unspecified atom stereocenters. The molecule has 1 aromatic rings. The first-order valence-electron chi connectivity index (χ1n) is 7.28. The maximum absolute atomic E-state index is 12.6. The fraction of sp³-hybridized carbons (Fsp3) is 0.562. The van der Waals surface area contributed by atoms with Gasteiger partial charge in [0.05, 0.1) is 0 Å². The molecule has 2 atom stereocenters. The molecule has 20 heavy (non-hydrogen) atoms. The predicted octanol–water partition coefficient (Wildman–Crippen LogP) is 2.89. The Hall–Kier alpha value is -1.00. The number of amides is 1. The van der Waals surface area contributed by atoms with Crippen LogP contribution in [-0.4, -0.2) is 35.7 Å². The highest BCUT2D eigenvalue weighted by Gasteiger charge is 2.29. The highest BCUT2D eigenvalue weighted by Crippen LogP contribution is 2.22. The molecule has 2 N–H and O–H groups in total. The highest BCUT2D eigenvalue weighted by atomic mass is 32.2. The summed E-state index contributed by atoms with van der Waals surface area (Å²) in [5.41, 5.74) is 8.08. The number of rotatable bonds is 4. The average Bonchev–Trinajstić information content (AvgIpc) is 2.47. The fourth-order valence-corrected chi connectivity index (χ4v) is 3.36. The minimum atomic E-state index is 0.0371. The van der Waals surface area contributed by atoms with Crippen molar-refractivity contribution in [1.82, 2.24) is 4.90 Å². The van der Waals surface area contributed by atoms with Crippen LogP contribution in [0.4, 0.5) is 0 Å². The Bertz CT molecular complexity index is 444. The lowest BCUT2D eigenvalue weighted by Gasteiger charge is -2.38. The monoisotopic (exact) mass is 292 g/mol. The Labute approximate surface area is 125 Å². The number of piperidine rings is 1. The molecule has 1 aliphatic heterocycles. The average molecular weight is 292 g/mol. The lowest BCUT2D eigenvalue weighted by Crippen LogP contribution is -2.51. The maximum atomic E-state index is 12.6. The molecule has 0 aliphatic carbocycles.